The van der Waals surface area contributed by atoms with Crippen LogP contribution in [-0.2, 0) is 13.1 Å². The van der Waals surface area contributed by atoms with Gasteiger partial charge in [0.25, 0.3) is 0 Å². The lowest BCUT2D eigenvalue weighted by Crippen LogP contribution is -2.20. The SMILES string of the molecule is CCCn1c(SCC(=O)c2cc(C)n(CC(F)(F)F)c2C)n[nH]c1=O. The summed E-state index contributed by atoms with van der Waals surface area (Å²) >= 11 is 1.09. The van der Waals surface area contributed by atoms with Gasteiger partial charge in [0.15, 0.2) is 10.9 Å². The summed E-state index contributed by atoms with van der Waals surface area (Å²) in [4.78, 5) is 24.0. The highest BCUT2D eigenvalue weighted by Gasteiger charge is 2.30. The largest absolute Gasteiger partial charge is 0.406 e. The zero-order valence-corrected chi connectivity index (χ0v) is 14.9. The maximum Gasteiger partial charge on any atom is 0.406 e. The quantitative estimate of drug-likeness (QED) is 0.596. The molecular weight excluding hydrogens is 357 g/mol. The molecule has 0 bridgehead atoms. The van der Waals surface area contributed by atoms with Crippen molar-refractivity contribution in [3.63, 3.8) is 0 Å². The number of alkyl halides is 3. The predicted molar refractivity (Wildman–Crippen MR) is 88.2 cm³/mol. The lowest BCUT2D eigenvalue weighted by molar-refractivity contribution is -0.141. The number of rotatable bonds is 7. The fraction of sp³-hybridized carbons (Fsp3) is 0.533. The summed E-state index contributed by atoms with van der Waals surface area (Å²) in [7, 11) is 0. The van der Waals surface area contributed by atoms with E-state index in [1.807, 2.05) is 6.92 Å². The summed E-state index contributed by atoms with van der Waals surface area (Å²) in [5.41, 5.74) is 0.577. The van der Waals surface area contributed by atoms with Crippen LogP contribution in [0, 0.1) is 13.8 Å². The van der Waals surface area contributed by atoms with E-state index in [2.05, 4.69) is 10.2 Å². The average Bonchev–Trinajstić information content (AvgIpc) is 2.99. The molecular formula is C15H19F3N4O2S. The number of carbonyl (C=O) groups excluding carboxylic acids is 1. The maximum atomic E-state index is 12.6. The number of thioether (sulfide) groups is 1. The van der Waals surface area contributed by atoms with Crippen molar-refractivity contribution in [3.05, 3.63) is 33.5 Å². The standard InChI is InChI=1S/C15H19F3N4O2S/c1-4-5-21-13(24)19-20-14(21)25-7-12(23)11-6-9(2)22(10(11)3)8-15(16,17)18/h6H,4-5,7-8H2,1-3H3,(H,19,24). The Morgan fingerprint density at radius 3 is 2.60 bits per heavy atom. The van der Waals surface area contributed by atoms with Gasteiger partial charge >= 0.3 is 11.9 Å². The van der Waals surface area contributed by atoms with Gasteiger partial charge in [-0.1, -0.05) is 18.7 Å². The van der Waals surface area contributed by atoms with Crippen LogP contribution >= 0.6 is 11.8 Å². The van der Waals surface area contributed by atoms with Crippen molar-refractivity contribution in [2.24, 2.45) is 0 Å². The van der Waals surface area contributed by atoms with Gasteiger partial charge in [0.1, 0.15) is 6.54 Å². The van der Waals surface area contributed by atoms with Crippen LogP contribution in [0.2, 0.25) is 0 Å². The maximum absolute atomic E-state index is 12.6. The van der Waals surface area contributed by atoms with Gasteiger partial charge in [0, 0.05) is 23.5 Å². The zero-order chi connectivity index (χ0) is 18.8. The molecule has 10 heteroatoms. The number of carbonyl (C=O) groups is 1. The van der Waals surface area contributed by atoms with Gasteiger partial charge in [-0.05, 0) is 26.3 Å². The molecule has 0 aliphatic heterocycles. The van der Waals surface area contributed by atoms with Crippen LogP contribution in [0.15, 0.2) is 16.0 Å². The smallest absolute Gasteiger partial charge is 0.339 e. The van der Waals surface area contributed by atoms with Crippen molar-refractivity contribution in [2.45, 2.75) is 51.6 Å². The molecule has 2 rings (SSSR count). The van der Waals surface area contributed by atoms with E-state index in [9.17, 15) is 22.8 Å². The molecule has 2 heterocycles. The minimum absolute atomic E-state index is 0.00960. The molecule has 138 valence electrons. The molecule has 0 unspecified atom stereocenters. The monoisotopic (exact) mass is 376 g/mol. The van der Waals surface area contributed by atoms with E-state index in [1.165, 1.54) is 24.5 Å². The summed E-state index contributed by atoms with van der Waals surface area (Å²) in [6.45, 7) is 4.30. The van der Waals surface area contributed by atoms with Gasteiger partial charge in [-0.3, -0.25) is 9.36 Å². The summed E-state index contributed by atoms with van der Waals surface area (Å²) in [5.74, 6) is -0.311. The van der Waals surface area contributed by atoms with Gasteiger partial charge in [-0.2, -0.15) is 13.2 Å². The number of nitrogens with one attached hydrogen (secondary N) is 1. The Balaban J connectivity index is 2.14. The molecule has 0 aromatic carbocycles. The van der Waals surface area contributed by atoms with Crippen molar-refractivity contribution >= 4 is 17.5 Å². The van der Waals surface area contributed by atoms with E-state index in [4.69, 9.17) is 0 Å². The third kappa shape index (κ3) is 4.56. The molecule has 0 spiro atoms. The Morgan fingerprint density at radius 1 is 1.32 bits per heavy atom. The van der Waals surface area contributed by atoms with Crippen molar-refractivity contribution < 1.29 is 18.0 Å². The molecule has 0 amide bonds. The van der Waals surface area contributed by atoms with Crippen LogP contribution in [0.4, 0.5) is 13.2 Å². The fourth-order valence-electron chi connectivity index (χ4n) is 2.55. The molecule has 0 radical (unpaired) electrons. The number of halogens is 3. The summed E-state index contributed by atoms with van der Waals surface area (Å²) in [6, 6.07) is 1.47. The van der Waals surface area contributed by atoms with E-state index < -0.39 is 12.7 Å². The molecule has 2 aromatic heterocycles. The van der Waals surface area contributed by atoms with Crippen LogP contribution in [0.5, 0.6) is 0 Å². The molecule has 25 heavy (non-hydrogen) atoms. The van der Waals surface area contributed by atoms with Gasteiger partial charge in [0.2, 0.25) is 0 Å². The fourth-order valence-corrected chi connectivity index (χ4v) is 3.40. The molecule has 0 aliphatic rings. The summed E-state index contributed by atoms with van der Waals surface area (Å²) < 4.78 is 40.5. The number of aromatic nitrogens is 4. The molecule has 0 saturated heterocycles. The molecule has 0 atom stereocenters. The van der Waals surface area contributed by atoms with E-state index in [0.29, 0.717) is 17.4 Å². The Labute approximate surface area is 146 Å². The van der Waals surface area contributed by atoms with E-state index >= 15 is 0 Å². The van der Waals surface area contributed by atoms with Crippen LogP contribution in [0.3, 0.4) is 0 Å². The molecule has 2 aromatic rings. The van der Waals surface area contributed by atoms with Crippen molar-refractivity contribution in [3.8, 4) is 0 Å². The number of hydrogen-bond donors (Lipinski definition) is 1. The van der Waals surface area contributed by atoms with Crippen LogP contribution in [0.25, 0.3) is 0 Å². The third-order valence-electron chi connectivity index (χ3n) is 3.71. The summed E-state index contributed by atoms with van der Waals surface area (Å²) in [5, 5.41) is 6.60. The summed E-state index contributed by atoms with van der Waals surface area (Å²) in [6.07, 6.45) is -3.62. The predicted octanol–water partition coefficient (Wildman–Crippen LogP) is 2.94. The lowest BCUT2D eigenvalue weighted by Gasteiger charge is -2.12. The highest BCUT2D eigenvalue weighted by Crippen LogP contribution is 2.24. The highest BCUT2D eigenvalue weighted by atomic mass is 32.2. The zero-order valence-electron chi connectivity index (χ0n) is 14.1. The van der Waals surface area contributed by atoms with Gasteiger partial charge in [0.05, 0.1) is 5.75 Å². The normalized spacial score (nSPS) is 11.9. The molecule has 0 saturated carbocycles. The molecule has 0 fully saturated rings. The number of ketones is 1. The second-order valence-corrected chi connectivity index (χ2v) is 6.60. The minimum Gasteiger partial charge on any atom is -0.339 e. The first-order valence-electron chi connectivity index (χ1n) is 7.68. The second kappa shape index (κ2) is 7.51. The average molecular weight is 376 g/mol. The number of aryl methyl sites for hydroxylation is 1. The van der Waals surface area contributed by atoms with Gasteiger partial charge in [-0.15, -0.1) is 5.10 Å². The van der Waals surface area contributed by atoms with Crippen molar-refractivity contribution in [1.82, 2.24) is 19.3 Å². The molecule has 1 N–H and O–H groups in total. The van der Waals surface area contributed by atoms with E-state index in [0.717, 1.165) is 22.7 Å². The first-order valence-corrected chi connectivity index (χ1v) is 8.67. The Hall–Kier alpha value is -1.97. The second-order valence-electron chi connectivity index (χ2n) is 5.66. The number of nitrogens with zero attached hydrogens (tertiary/aromatic N) is 3. The van der Waals surface area contributed by atoms with Crippen LogP contribution in [0.1, 0.15) is 35.1 Å². The van der Waals surface area contributed by atoms with Gasteiger partial charge < -0.3 is 4.57 Å². The lowest BCUT2D eigenvalue weighted by atomic mass is 10.2. The first kappa shape index (κ1) is 19.4. The van der Waals surface area contributed by atoms with Gasteiger partial charge in [-0.25, -0.2) is 9.89 Å². The Morgan fingerprint density at radius 2 is 2.00 bits per heavy atom. The topological polar surface area (TPSA) is 72.7 Å². The third-order valence-corrected chi connectivity index (χ3v) is 4.69. The number of aromatic amines is 1. The Kier molecular flexibility index (Phi) is 5.81. The van der Waals surface area contributed by atoms with Crippen molar-refractivity contribution in [1.29, 1.82) is 0 Å². The molecule has 0 aliphatic carbocycles. The van der Waals surface area contributed by atoms with E-state index in [1.54, 1.807) is 0 Å². The molecule has 6 nitrogen and oxygen atoms in total. The highest BCUT2D eigenvalue weighted by molar-refractivity contribution is 7.99. The van der Waals surface area contributed by atoms with Crippen LogP contribution in [-0.4, -0.2) is 37.0 Å². The van der Waals surface area contributed by atoms with Crippen molar-refractivity contribution in [2.75, 3.05) is 5.75 Å². The van der Waals surface area contributed by atoms with E-state index in [-0.39, 0.29) is 28.5 Å². The number of H-pyrrole nitrogens is 1. The first-order chi connectivity index (χ1) is 11.6. The number of Topliss-reactive ketones (excluding diaryl/α,β-unsaturated/α-hetero) is 1. The van der Waals surface area contributed by atoms with Crippen LogP contribution < -0.4 is 5.69 Å². The minimum atomic E-state index is -4.35. The Bertz CT molecular complexity index is 820. The number of hydrogen-bond acceptors (Lipinski definition) is 4.